The zero-order valence-electron chi connectivity index (χ0n) is 13.3. The average molecular weight is 383 g/mol. The van der Waals surface area contributed by atoms with Crippen molar-refractivity contribution in [1.29, 1.82) is 0 Å². The molecule has 2 aromatic heterocycles. The first-order valence-corrected chi connectivity index (χ1v) is 9.04. The Hall–Kier alpha value is -1.47. The molecule has 24 heavy (non-hydrogen) atoms. The Balaban J connectivity index is 1.78. The molecule has 2 heterocycles. The molecule has 0 fully saturated rings. The number of nitrogens with zero attached hydrogens (tertiary/aromatic N) is 4. The first-order chi connectivity index (χ1) is 11.5. The molecule has 0 spiro atoms. The zero-order valence-corrected chi connectivity index (χ0v) is 15.6. The van der Waals surface area contributed by atoms with E-state index in [9.17, 15) is 4.79 Å². The monoisotopic (exact) mass is 382 g/mol. The van der Waals surface area contributed by atoms with Crippen molar-refractivity contribution in [1.82, 2.24) is 19.5 Å². The van der Waals surface area contributed by atoms with Crippen molar-refractivity contribution in [3.63, 3.8) is 0 Å². The summed E-state index contributed by atoms with van der Waals surface area (Å²) in [4.78, 5) is 19.4. The summed E-state index contributed by atoms with van der Waals surface area (Å²) >= 11 is 13.4. The van der Waals surface area contributed by atoms with Gasteiger partial charge in [-0.3, -0.25) is 9.69 Å². The normalized spacial score (nSPS) is 11.5. The van der Waals surface area contributed by atoms with E-state index in [0.29, 0.717) is 28.1 Å². The summed E-state index contributed by atoms with van der Waals surface area (Å²) in [6, 6.07) is 7.11. The first kappa shape index (κ1) is 17.4. The molecular weight excluding hydrogens is 367 g/mol. The molecule has 5 nitrogen and oxygen atoms in total. The second-order valence-corrected chi connectivity index (χ2v) is 7.41. The number of benzene rings is 1. The van der Waals surface area contributed by atoms with Gasteiger partial charge in [-0.2, -0.15) is 9.61 Å². The molecule has 0 N–H and O–H groups in total. The Bertz CT molecular complexity index is 937. The summed E-state index contributed by atoms with van der Waals surface area (Å²) in [7, 11) is 1.97. The molecule has 0 aliphatic carbocycles. The van der Waals surface area contributed by atoms with Gasteiger partial charge < -0.3 is 0 Å². The van der Waals surface area contributed by atoms with Crippen molar-refractivity contribution in [2.24, 2.45) is 0 Å². The van der Waals surface area contributed by atoms with Crippen molar-refractivity contribution in [2.75, 3.05) is 7.05 Å². The molecule has 0 aliphatic rings. The molecule has 1 aromatic carbocycles. The van der Waals surface area contributed by atoms with Crippen LogP contribution in [0.25, 0.3) is 4.96 Å². The van der Waals surface area contributed by atoms with Crippen LogP contribution < -0.4 is 5.56 Å². The van der Waals surface area contributed by atoms with E-state index in [4.69, 9.17) is 23.2 Å². The molecule has 0 amide bonds. The summed E-state index contributed by atoms with van der Waals surface area (Å²) in [5.74, 6) is 0. The van der Waals surface area contributed by atoms with Gasteiger partial charge in [0, 0.05) is 19.2 Å². The Morgan fingerprint density at radius 2 is 2.00 bits per heavy atom. The van der Waals surface area contributed by atoms with Crippen molar-refractivity contribution >= 4 is 39.5 Å². The predicted molar refractivity (Wildman–Crippen MR) is 98.1 cm³/mol. The average Bonchev–Trinajstić information content (AvgIpc) is 2.94. The van der Waals surface area contributed by atoms with E-state index in [1.54, 1.807) is 6.07 Å². The van der Waals surface area contributed by atoms with Gasteiger partial charge in [0.1, 0.15) is 5.01 Å². The van der Waals surface area contributed by atoms with E-state index in [1.807, 2.05) is 26.1 Å². The van der Waals surface area contributed by atoms with Crippen molar-refractivity contribution < 1.29 is 0 Å². The minimum absolute atomic E-state index is 0.145. The molecule has 3 aromatic rings. The van der Waals surface area contributed by atoms with Gasteiger partial charge in [-0.25, -0.2) is 4.98 Å². The quantitative estimate of drug-likeness (QED) is 0.675. The van der Waals surface area contributed by atoms with E-state index in [0.717, 1.165) is 22.7 Å². The van der Waals surface area contributed by atoms with Crippen LogP contribution in [0.4, 0.5) is 0 Å². The van der Waals surface area contributed by atoms with Crippen LogP contribution in [-0.4, -0.2) is 26.5 Å². The maximum atomic E-state index is 12.2. The fraction of sp³-hybridized carbons (Fsp3) is 0.312. The Morgan fingerprint density at radius 1 is 1.21 bits per heavy atom. The predicted octanol–water partition coefficient (Wildman–Crippen LogP) is 3.65. The lowest BCUT2D eigenvalue weighted by Gasteiger charge is -2.16. The van der Waals surface area contributed by atoms with Crippen LogP contribution >= 0.6 is 34.5 Å². The molecule has 0 unspecified atom stereocenters. The summed E-state index contributed by atoms with van der Waals surface area (Å²) in [6.45, 7) is 3.25. The largest absolute Gasteiger partial charge is 0.296 e. The van der Waals surface area contributed by atoms with Crippen LogP contribution in [0.3, 0.4) is 0 Å². The number of aryl methyl sites for hydroxylation is 1. The maximum Gasteiger partial charge on any atom is 0.275 e. The van der Waals surface area contributed by atoms with Crippen LogP contribution in [0, 0.1) is 0 Å². The number of rotatable bonds is 5. The number of fused-ring (bicyclic) bond motifs is 1. The molecule has 8 heteroatoms. The van der Waals surface area contributed by atoms with E-state index in [-0.39, 0.29) is 5.56 Å². The molecule has 0 saturated carbocycles. The highest BCUT2D eigenvalue weighted by Crippen LogP contribution is 2.23. The molecule has 0 bridgehead atoms. The molecular formula is C16H16Cl2N4OS. The highest BCUT2D eigenvalue weighted by atomic mass is 35.5. The second-order valence-electron chi connectivity index (χ2n) is 5.55. The van der Waals surface area contributed by atoms with E-state index >= 15 is 0 Å². The topological polar surface area (TPSA) is 50.5 Å². The fourth-order valence-corrected chi connectivity index (χ4v) is 3.58. The third-order valence-corrected chi connectivity index (χ3v) is 5.30. The Labute approximate surface area is 153 Å². The van der Waals surface area contributed by atoms with Gasteiger partial charge in [-0.15, -0.1) is 0 Å². The number of hydrogen-bond donors (Lipinski definition) is 0. The van der Waals surface area contributed by atoms with Gasteiger partial charge in [0.15, 0.2) is 0 Å². The minimum Gasteiger partial charge on any atom is -0.296 e. The van der Waals surface area contributed by atoms with Gasteiger partial charge in [-0.1, -0.05) is 47.5 Å². The van der Waals surface area contributed by atoms with Gasteiger partial charge in [0.2, 0.25) is 4.96 Å². The van der Waals surface area contributed by atoms with Crippen LogP contribution in [0.2, 0.25) is 10.0 Å². The number of halogens is 2. The van der Waals surface area contributed by atoms with Crippen molar-refractivity contribution in [3.05, 3.63) is 60.9 Å². The minimum atomic E-state index is -0.145. The van der Waals surface area contributed by atoms with Crippen LogP contribution in [0.5, 0.6) is 0 Å². The van der Waals surface area contributed by atoms with Crippen molar-refractivity contribution in [2.45, 2.75) is 26.4 Å². The molecule has 0 aliphatic heterocycles. The first-order valence-electron chi connectivity index (χ1n) is 7.47. The summed E-state index contributed by atoms with van der Waals surface area (Å²) in [6.07, 6.45) is 0.792. The summed E-state index contributed by atoms with van der Waals surface area (Å²) in [5, 5.41) is 6.24. The zero-order chi connectivity index (χ0) is 17.3. The molecule has 0 radical (unpaired) electrons. The molecule has 0 atom stereocenters. The van der Waals surface area contributed by atoms with E-state index < -0.39 is 0 Å². The SMILES string of the molecule is CCc1nn2c(=O)cc(CN(C)Cc3ccc(Cl)c(Cl)c3)nc2s1. The smallest absolute Gasteiger partial charge is 0.275 e. The summed E-state index contributed by atoms with van der Waals surface area (Å²) in [5.41, 5.74) is 1.64. The molecule has 0 saturated heterocycles. The lowest BCUT2D eigenvalue weighted by atomic mass is 10.2. The Kier molecular flexibility index (Phi) is 5.20. The van der Waals surface area contributed by atoms with E-state index in [1.165, 1.54) is 21.9 Å². The van der Waals surface area contributed by atoms with Gasteiger partial charge in [0.25, 0.3) is 5.56 Å². The number of hydrogen-bond acceptors (Lipinski definition) is 5. The lowest BCUT2D eigenvalue weighted by Crippen LogP contribution is -2.21. The third kappa shape index (κ3) is 3.78. The number of aromatic nitrogens is 3. The van der Waals surface area contributed by atoms with Gasteiger partial charge in [-0.05, 0) is 31.2 Å². The van der Waals surface area contributed by atoms with E-state index in [2.05, 4.69) is 15.0 Å². The summed E-state index contributed by atoms with van der Waals surface area (Å²) < 4.78 is 1.37. The van der Waals surface area contributed by atoms with Crippen LogP contribution in [0.1, 0.15) is 23.2 Å². The fourth-order valence-electron chi connectivity index (χ4n) is 2.40. The van der Waals surface area contributed by atoms with Crippen LogP contribution in [-0.2, 0) is 19.5 Å². The van der Waals surface area contributed by atoms with Gasteiger partial charge in [0.05, 0.1) is 15.7 Å². The molecule has 3 rings (SSSR count). The second kappa shape index (κ2) is 7.19. The Morgan fingerprint density at radius 3 is 2.71 bits per heavy atom. The maximum absolute atomic E-state index is 12.2. The molecule has 126 valence electrons. The highest BCUT2D eigenvalue weighted by molar-refractivity contribution is 7.16. The lowest BCUT2D eigenvalue weighted by molar-refractivity contribution is 0.315. The van der Waals surface area contributed by atoms with Gasteiger partial charge >= 0.3 is 0 Å². The highest BCUT2D eigenvalue weighted by Gasteiger charge is 2.10. The van der Waals surface area contributed by atoms with Crippen LogP contribution in [0.15, 0.2) is 29.1 Å². The third-order valence-electron chi connectivity index (χ3n) is 3.51. The standard InChI is InChI=1S/C16H16Cl2N4OS/c1-3-14-20-22-15(23)7-11(19-16(22)24-14)9-21(2)8-10-4-5-12(17)13(18)6-10/h4-7H,3,8-9H2,1-2H3. The van der Waals surface area contributed by atoms with Crippen molar-refractivity contribution in [3.8, 4) is 0 Å².